The van der Waals surface area contributed by atoms with Gasteiger partial charge in [0.05, 0.1) is 0 Å². The van der Waals surface area contributed by atoms with E-state index in [9.17, 15) is 18.0 Å². The topological polar surface area (TPSA) is 32.3 Å². The van der Waals surface area contributed by atoms with Crippen LogP contribution in [0, 0.1) is 23.3 Å². The highest BCUT2D eigenvalue weighted by Gasteiger charge is 2.28. The number of carbonyl (C=O) groups is 1. The lowest BCUT2D eigenvalue weighted by Crippen LogP contribution is -2.19. The van der Waals surface area contributed by atoms with Gasteiger partial charge in [0, 0.05) is 47.4 Å². The Kier molecular flexibility index (Phi) is 4.58. The zero-order chi connectivity index (χ0) is 20.0. The first-order chi connectivity index (χ1) is 13.4. The third-order valence-corrected chi connectivity index (χ3v) is 5.89. The first-order valence-corrected chi connectivity index (χ1v) is 9.26. The number of amides is 1. The van der Waals surface area contributed by atoms with Gasteiger partial charge in [-0.3, -0.25) is 4.79 Å². The van der Waals surface area contributed by atoms with Gasteiger partial charge in [-0.05, 0) is 12.5 Å². The van der Waals surface area contributed by atoms with Crippen LogP contribution in [0.2, 0.25) is 0 Å². The van der Waals surface area contributed by atoms with E-state index < -0.39 is 34.9 Å². The van der Waals surface area contributed by atoms with Crippen LogP contribution in [0.5, 0.6) is 0 Å². The predicted octanol–water partition coefficient (Wildman–Crippen LogP) is 5.22. The van der Waals surface area contributed by atoms with Crippen molar-refractivity contribution in [3.8, 4) is 10.4 Å². The number of anilines is 2. The number of carbonyl (C=O) groups excluding carboxylic acids is 1. The molecule has 2 aromatic carbocycles. The third kappa shape index (κ3) is 3.03. The van der Waals surface area contributed by atoms with Gasteiger partial charge in [0.1, 0.15) is 16.4 Å². The van der Waals surface area contributed by atoms with Crippen molar-refractivity contribution in [3.63, 3.8) is 0 Å². The molecule has 0 radical (unpaired) electrons. The summed E-state index contributed by atoms with van der Waals surface area (Å²) in [5.41, 5.74) is 1.28. The molecule has 28 heavy (non-hydrogen) atoms. The number of nitrogens with zero attached hydrogens (tertiary/aromatic N) is 1. The van der Waals surface area contributed by atoms with Gasteiger partial charge in [-0.2, -0.15) is 0 Å². The summed E-state index contributed by atoms with van der Waals surface area (Å²) in [7, 11) is 1.90. The Morgan fingerprint density at radius 1 is 1.11 bits per heavy atom. The van der Waals surface area contributed by atoms with Crippen molar-refractivity contribution >= 4 is 28.6 Å². The van der Waals surface area contributed by atoms with Gasteiger partial charge in [0.25, 0.3) is 5.91 Å². The first-order valence-electron chi connectivity index (χ1n) is 8.44. The molecule has 1 amide bonds. The monoisotopic (exact) mass is 406 g/mol. The van der Waals surface area contributed by atoms with Crippen molar-refractivity contribution in [3.05, 3.63) is 70.1 Å². The molecule has 3 nitrogen and oxygen atoms in total. The van der Waals surface area contributed by atoms with E-state index >= 15 is 4.39 Å². The van der Waals surface area contributed by atoms with Crippen LogP contribution in [0.25, 0.3) is 10.4 Å². The second kappa shape index (κ2) is 6.94. The average molecular weight is 406 g/mol. The largest absolute Gasteiger partial charge is 0.374 e. The maximum Gasteiger partial charge on any atom is 0.268 e. The van der Waals surface area contributed by atoms with Crippen LogP contribution in [0.15, 0.2) is 36.4 Å². The number of nitrogens with one attached hydrogen (secondary N) is 1. The predicted molar refractivity (Wildman–Crippen MR) is 101 cm³/mol. The SMILES string of the molecule is CN1CCc2c(sc(C(=O)Nc3c(F)cc(F)cc3F)c2F)-c2ccccc21. The van der Waals surface area contributed by atoms with Crippen molar-refractivity contribution in [2.45, 2.75) is 6.42 Å². The third-order valence-electron chi connectivity index (χ3n) is 4.65. The van der Waals surface area contributed by atoms with Crippen molar-refractivity contribution in [1.82, 2.24) is 0 Å². The van der Waals surface area contributed by atoms with Gasteiger partial charge in [-0.1, -0.05) is 18.2 Å². The summed E-state index contributed by atoms with van der Waals surface area (Å²) >= 11 is 0.930. The minimum atomic E-state index is -1.27. The minimum absolute atomic E-state index is 0.271. The zero-order valence-corrected chi connectivity index (χ0v) is 15.5. The summed E-state index contributed by atoms with van der Waals surface area (Å²) in [6.45, 7) is 0.556. The fraction of sp³-hybridized carbons (Fsp3) is 0.150. The molecular formula is C20H14F4N2OS. The molecule has 1 aliphatic rings. The fourth-order valence-corrected chi connectivity index (χ4v) is 4.42. The van der Waals surface area contributed by atoms with Gasteiger partial charge in [0.15, 0.2) is 17.5 Å². The van der Waals surface area contributed by atoms with Crippen LogP contribution >= 0.6 is 11.3 Å². The number of rotatable bonds is 2. The molecule has 144 valence electrons. The normalized spacial score (nSPS) is 13.0. The quantitative estimate of drug-likeness (QED) is 0.592. The van der Waals surface area contributed by atoms with Gasteiger partial charge in [-0.15, -0.1) is 11.3 Å². The summed E-state index contributed by atoms with van der Waals surface area (Å²) in [5.74, 6) is -5.33. The number of halogens is 4. The van der Waals surface area contributed by atoms with E-state index in [0.29, 0.717) is 35.5 Å². The summed E-state index contributed by atoms with van der Waals surface area (Å²) in [4.78, 5) is 14.9. The number of benzene rings is 2. The lowest BCUT2D eigenvalue weighted by Gasteiger charge is -2.18. The smallest absolute Gasteiger partial charge is 0.268 e. The molecule has 8 heteroatoms. The van der Waals surface area contributed by atoms with E-state index in [2.05, 4.69) is 0 Å². The standard InChI is InChI=1S/C20H14F4N2OS/c1-26-7-6-12-16(24)19(28-18(12)11-4-2-3-5-15(11)26)20(27)25-17-13(22)8-10(21)9-14(17)23/h2-5,8-9H,6-7H2,1H3,(H,25,27). The average Bonchev–Trinajstić information content (AvgIpc) is 2.91. The van der Waals surface area contributed by atoms with Gasteiger partial charge in [0.2, 0.25) is 0 Å². The van der Waals surface area contributed by atoms with Crippen LogP contribution in [-0.4, -0.2) is 19.5 Å². The molecule has 3 aromatic rings. The lowest BCUT2D eigenvalue weighted by atomic mass is 10.1. The molecule has 0 spiro atoms. The Hall–Kier alpha value is -2.87. The minimum Gasteiger partial charge on any atom is -0.374 e. The van der Waals surface area contributed by atoms with E-state index in [1.807, 2.05) is 41.5 Å². The van der Waals surface area contributed by atoms with E-state index in [0.717, 1.165) is 22.6 Å². The highest BCUT2D eigenvalue weighted by atomic mass is 32.1. The Morgan fingerprint density at radius 2 is 1.79 bits per heavy atom. The molecule has 0 bridgehead atoms. The molecule has 0 fully saturated rings. The first kappa shape index (κ1) is 18.5. The van der Waals surface area contributed by atoms with Crippen LogP contribution < -0.4 is 10.2 Å². The lowest BCUT2D eigenvalue weighted by molar-refractivity contribution is 0.102. The molecule has 0 unspecified atom stereocenters. The molecule has 2 heterocycles. The molecule has 1 aliphatic heterocycles. The molecule has 0 saturated heterocycles. The van der Waals surface area contributed by atoms with Crippen molar-refractivity contribution in [1.29, 1.82) is 0 Å². The molecule has 1 aromatic heterocycles. The highest BCUT2D eigenvalue weighted by molar-refractivity contribution is 7.17. The Labute approximate surface area is 162 Å². The number of fused-ring (bicyclic) bond motifs is 3. The maximum atomic E-state index is 15.0. The second-order valence-corrected chi connectivity index (χ2v) is 7.46. The van der Waals surface area contributed by atoms with E-state index in [1.165, 1.54) is 0 Å². The molecule has 1 N–H and O–H groups in total. The van der Waals surface area contributed by atoms with Gasteiger partial charge < -0.3 is 10.2 Å². The summed E-state index contributed by atoms with van der Waals surface area (Å²) in [6, 6.07) is 8.34. The van der Waals surface area contributed by atoms with Crippen molar-refractivity contribution < 1.29 is 22.4 Å². The number of para-hydroxylation sites is 1. The van der Waals surface area contributed by atoms with Crippen LogP contribution in [0.4, 0.5) is 28.9 Å². The number of hydrogen-bond donors (Lipinski definition) is 1. The number of thiophene rings is 1. The fourth-order valence-electron chi connectivity index (χ4n) is 3.26. The molecule has 0 saturated carbocycles. The Morgan fingerprint density at radius 3 is 2.50 bits per heavy atom. The highest BCUT2D eigenvalue weighted by Crippen LogP contribution is 2.43. The number of likely N-dealkylation sites (N-methyl/N-ethyl adjacent to an activating group) is 1. The Balaban J connectivity index is 1.75. The van der Waals surface area contributed by atoms with Gasteiger partial charge >= 0.3 is 0 Å². The van der Waals surface area contributed by atoms with Crippen LogP contribution in [0.3, 0.4) is 0 Å². The van der Waals surface area contributed by atoms with E-state index in [-0.39, 0.29) is 4.88 Å². The molecule has 0 aliphatic carbocycles. The Bertz CT molecular complexity index is 1070. The van der Waals surface area contributed by atoms with Crippen molar-refractivity contribution in [2.24, 2.45) is 0 Å². The zero-order valence-electron chi connectivity index (χ0n) is 14.7. The van der Waals surface area contributed by atoms with E-state index in [4.69, 9.17) is 0 Å². The van der Waals surface area contributed by atoms with E-state index in [1.54, 1.807) is 0 Å². The molecule has 0 atom stereocenters. The van der Waals surface area contributed by atoms with Gasteiger partial charge in [-0.25, -0.2) is 17.6 Å². The summed E-state index contributed by atoms with van der Waals surface area (Å²) in [5, 5.41) is 2.02. The van der Waals surface area contributed by atoms with Crippen molar-refractivity contribution in [2.75, 3.05) is 23.8 Å². The number of hydrogen-bond acceptors (Lipinski definition) is 3. The molecule has 4 rings (SSSR count). The summed E-state index contributed by atoms with van der Waals surface area (Å²) < 4.78 is 55.7. The summed E-state index contributed by atoms with van der Waals surface area (Å²) in [6.07, 6.45) is 0.384. The van der Waals surface area contributed by atoms with Crippen LogP contribution in [-0.2, 0) is 6.42 Å². The maximum absolute atomic E-state index is 15.0. The second-order valence-electron chi connectivity index (χ2n) is 6.44. The molecular weight excluding hydrogens is 392 g/mol. The van der Waals surface area contributed by atoms with Crippen LogP contribution in [0.1, 0.15) is 15.2 Å².